The van der Waals surface area contributed by atoms with Crippen LogP contribution in [0.25, 0.3) is 5.69 Å². The van der Waals surface area contributed by atoms with Crippen molar-refractivity contribution in [1.82, 2.24) is 9.55 Å². The first-order valence-electron chi connectivity index (χ1n) is 7.31. The molecule has 0 aliphatic carbocycles. The molecular formula is C18H13FN4OS. The van der Waals surface area contributed by atoms with E-state index in [1.165, 1.54) is 30.1 Å². The summed E-state index contributed by atoms with van der Waals surface area (Å²) in [4.78, 5) is 16.9. The SMILES string of the molecule is CSc1ncc(C(=O)Nc2cccc(C#N)c2)n1-c1ccc(F)cc1. The highest BCUT2D eigenvalue weighted by atomic mass is 32.2. The van der Waals surface area contributed by atoms with Gasteiger partial charge in [-0.05, 0) is 48.7 Å². The molecule has 0 atom stereocenters. The third-order valence-corrected chi connectivity index (χ3v) is 4.13. The van der Waals surface area contributed by atoms with E-state index in [1.54, 1.807) is 41.0 Å². The van der Waals surface area contributed by atoms with Crippen molar-refractivity contribution in [3.05, 3.63) is 71.8 Å². The molecule has 3 rings (SSSR count). The minimum absolute atomic E-state index is 0.318. The number of amides is 1. The lowest BCUT2D eigenvalue weighted by Gasteiger charge is -2.11. The van der Waals surface area contributed by atoms with Gasteiger partial charge >= 0.3 is 0 Å². The summed E-state index contributed by atoms with van der Waals surface area (Å²) in [7, 11) is 0. The fourth-order valence-electron chi connectivity index (χ4n) is 2.34. The molecule has 0 saturated heterocycles. The van der Waals surface area contributed by atoms with Crippen LogP contribution in [0.2, 0.25) is 0 Å². The third-order valence-electron chi connectivity index (χ3n) is 3.48. The van der Waals surface area contributed by atoms with Crippen LogP contribution >= 0.6 is 11.8 Å². The highest BCUT2D eigenvalue weighted by Gasteiger charge is 2.18. The first-order chi connectivity index (χ1) is 12.1. The Hall–Kier alpha value is -3.11. The Balaban J connectivity index is 1.96. The number of carbonyl (C=O) groups is 1. The maximum Gasteiger partial charge on any atom is 0.274 e. The number of aromatic nitrogens is 2. The molecule has 0 saturated carbocycles. The van der Waals surface area contributed by atoms with E-state index in [9.17, 15) is 9.18 Å². The molecule has 0 fully saturated rings. The highest BCUT2D eigenvalue weighted by Crippen LogP contribution is 2.23. The number of benzene rings is 2. The summed E-state index contributed by atoms with van der Waals surface area (Å²) in [6.45, 7) is 0. The van der Waals surface area contributed by atoms with Crippen LogP contribution in [-0.2, 0) is 0 Å². The van der Waals surface area contributed by atoms with Gasteiger partial charge in [-0.3, -0.25) is 9.36 Å². The van der Waals surface area contributed by atoms with Gasteiger partial charge in [0.15, 0.2) is 5.16 Å². The van der Waals surface area contributed by atoms with Crippen molar-refractivity contribution < 1.29 is 9.18 Å². The van der Waals surface area contributed by atoms with Crippen LogP contribution in [0.5, 0.6) is 0 Å². The van der Waals surface area contributed by atoms with Crippen LogP contribution < -0.4 is 5.32 Å². The van der Waals surface area contributed by atoms with E-state index in [-0.39, 0.29) is 11.7 Å². The van der Waals surface area contributed by atoms with E-state index in [2.05, 4.69) is 10.3 Å². The first-order valence-corrected chi connectivity index (χ1v) is 8.54. The maximum atomic E-state index is 13.2. The zero-order valence-electron chi connectivity index (χ0n) is 13.2. The quantitative estimate of drug-likeness (QED) is 0.724. The maximum absolute atomic E-state index is 13.2. The largest absolute Gasteiger partial charge is 0.321 e. The van der Waals surface area contributed by atoms with E-state index in [4.69, 9.17) is 5.26 Å². The molecule has 124 valence electrons. The summed E-state index contributed by atoms with van der Waals surface area (Å²) in [5.74, 6) is -0.721. The average Bonchev–Trinajstić information content (AvgIpc) is 3.06. The number of rotatable bonds is 4. The second-order valence-electron chi connectivity index (χ2n) is 5.09. The van der Waals surface area contributed by atoms with E-state index < -0.39 is 0 Å². The molecule has 0 bridgehead atoms. The highest BCUT2D eigenvalue weighted by molar-refractivity contribution is 7.98. The van der Waals surface area contributed by atoms with Crippen LogP contribution in [0.1, 0.15) is 16.1 Å². The molecule has 2 aromatic carbocycles. The predicted molar refractivity (Wildman–Crippen MR) is 94.4 cm³/mol. The van der Waals surface area contributed by atoms with Crippen molar-refractivity contribution >= 4 is 23.4 Å². The summed E-state index contributed by atoms with van der Waals surface area (Å²) in [5, 5.41) is 12.3. The Morgan fingerprint density at radius 1 is 1.28 bits per heavy atom. The Kier molecular flexibility index (Phi) is 4.82. The summed E-state index contributed by atoms with van der Waals surface area (Å²) < 4.78 is 14.9. The number of hydrogen-bond acceptors (Lipinski definition) is 4. The van der Waals surface area contributed by atoms with Gasteiger partial charge in [0.05, 0.1) is 17.8 Å². The van der Waals surface area contributed by atoms with E-state index in [0.717, 1.165) is 0 Å². The predicted octanol–water partition coefficient (Wildman–Crippen LogP) is 3.86. The van der Waals surface area contributed by atoms with E-state index >= 15 is 0 Å². The molecule has 1 amide bonds. The second kappa shape index (κ2) is 7.20. The van der Waals surface area contributed by atoms with Gasteiger partial charge in [0.25, 0.3) is 5.91 Å². The van der Waals surface area contributed by atoms with Crippen LogP contribution in [0.15, 0.2) is 59.9 Å². The molecule has 0 radical (unpaired) electrons. The lowest BCUT2D eigenvalue weighted by molar-refractivity contribution is 0.102. The second-order valence-corrected chi connectivity index (χ2v) is 5.86. The minimum Gasteiger partial charge on any atom is -0.321 e. The van der Waals surface area contributed by atoms with Crippen molar-refractivity contribution in [2.45, 2.75) is 5.16 Å². The zero-order valence-corrected chi connectivity index (χ0v) is 14.0. The van der Waals surface area contributed by atoms with Gasteiger partial charge < -0.3 is 5.32 Å². The Labute approximate surface area is 148 Å². The smallest absolute Gasteiger partial charge is 0.274 e. The van der Waals surface area contributed by atoms with Gasteiger partial charge in [0, 0.05) is 11.4 Å². The first kappa shape index (κ1) is 16.7. The monoisotopic (exact) mass is 352 g/mol. The molecule has 0 aliphatic rings. The zero-order chi connectivity index (χ0) is 17.8. The molecule has 1 N–H and O–H groups in total. The lowest BCUT2D eigenvalue weighted by atomic mass is 10.2. The number of halogens is 1. The number of nitrogens with zero attached hydrogens (tertiary/aromatic N) is 3. The normalized spacial score (nSPS) is 10.3. The van der Waals surface area contributed by atoms with Crippen molar-refractivity contribution in [2.24, 2.45) is 0 Å². The van der Waals surface area contributed by atoms with Crippen molar-refractivity contribution in [3.8, 4) is 11.8 Å². The van der Waals surface area contributed by atoms with Crippen LogP contribution in [0.4, 0.5) is 10.1 Å². The molecule has 0 spiro atoms. The fraction of sp³-hybridized carbons (Fsp3) is 0.0556. The van der Waals surface area contributed by atoms with Crippen LogP contribution in [0.3, 0.4) is 0 Å². The number of nitrogens with one attached hydrogen (secondary N) is 1. The molecule has 0 unspecified atom stereocenters. The Bertz CT molecular complexity index is 960. The Morgan fingerprint density at radius 2 is 2.04 bits per heavy atom. The third kappa shape index (κ3) is 3.54. The summed E-state index contributed by atoms with van der Waals surface area (Å²) >= 11 is 1.38. The minimum atomic E-state index is -0.368. The molecular weight excluding hydrogens is 339 g/mol. The Morgan fingerprint density at radius 3 is 2.72 bits per heavy atom. The molecule has 3 aromatic rings. The topological polar surface area (TPSA) is 70.7 Å². The van der Waals surface area contributed by atoms with Gasteiger partial charge in [-0.15, -0.1) is 0 Å². The lowest BCUT2D eigenvalue weighted by Crippen LogP contribution is -2.16. The van der Waals surface area contributed by atoms with Crippen LogP contribution in [-0.4, -0.2) is 21.7 Å². The number of nitriles is 1. The van der Waals surface area contributed by atoms with Crippen LogP contribution in [0, 0.1) is 17.1 Å². The molecule has 7 heteroatoms. The number of hydrogen-bond donors (Lipinski definition) is 1. The van der Waals surface area contributed by atoms with Gasteiger partial charge in [-0.1, -0.05) is 17.8 Å². The number of imidazole rings is 1. The van der Waals surface area contributed by atoms with Gasteiger partial charge in [-0.25, -0.2) is 9.37 Å². The van der Waals surface area contributed by atoms with Crippen molar-refractivity contribution in [3.63, 3.8) is 0 Å². The van der Waals surface area contributed by atoms with Gasteiger partial charge in [-0.2, -0.15) is 5.26 Å². The van der Waals surface area contributed by atoms with E-state index in [0.29, 0.717) is 27.8 Å². The molecule has 1 aromatic heterocycles. The summed E-state index contributed by atoms with van der Waals surface area (Å²) in [6, 6.07) is 14.5. The molecule has 0 aliphatic heterocycles. The number of carbonyl (C=O) groups excluding carboxylic acids is 1. The molecule has 5 nitrogen and oxygen atoms in total. The van der Waals surface area contributed by atoms with E-state index in [1.807, 2.05) is 12.3 Å². The van der Waals surface area contributed by atoms with Crippen molar-refractivity contribution in [2.75, 3.05) is 11.6 Å². The summed E-state index contributed by atoms with van der Waals surface area (Å²) in [5.41, 5.74) is 1.92. The summed E-state index contributed by atoms with van der Waals surface area (Å²) in [6.07, 6.45) is 3.32. The average molecular weight is 352 g/mol. The number of anilines is 1. The van der Waals surface area contributed by atoms with Crippen molar-refractivity contribution in [1.29, 1.82) is 5.26 Å². The molecule has 1 heterocycles. The fourth-order valence-corrected chi connectivity index (χ4v) is 2.88. The van der Waals surface area contributed by atoms with Gasteiger partial charge in [0.1, 0.15) is 11.5 Å². The number of thioether (sulfide) groups is 1. The van der Waals surface area contributed by atoms with Gasteiger partial charge in [0.2, 0.25) is 0 Å². The molecule has 25 heavy (non-hydrogen) atoms. The standard InChI is InChI=1S/C18H13FN4OS/c1-25-18-21-11-16(23(18)15-7-5-13(19)6-8-15)17(24)22-14-4-2-3-12(9-14)10-20/h2-9,11H,1H3,(H,22,24).